The molecule has 2 N–H and O–H groups in total. The quantitative estimate of drug-likeness (QED) is 0.627. The van der Waals surface area contributed by atoms with Crippen LogP contribution in [0.4, 0.5) is 20.2 Å². The first kappa shape index (κ1) is 20.1. The third-order valence-corrected chi connectivity index (χ3v) is 4.13. The van der Waals surface area contributed by atoms with Crippen LogP contribution >= 0.6 is 0 Å². The number of pyridine rings is 1. The molecule has 150 valence electrons. The van der Waals surface area contributed by atoms with Gasteiger partial charge in [-0.1, -0.05) is 12.1 Å². The van der Waals surface area contributed by atoms with Crippen molar-refractivity contribution in [2.75, 3.05) is 19.5 Å². The molecule has 6 nitrogen and oxygen atoms in total. The number of rotatable bonds is 7. The Bertz CT molecular complexity index is 1010. The molecule has 0 aliphatic rings. The van der Waals surface area contributed by atoms with Gasteiger partial charge in [-0.05, 0) is 35.9 Å². The van der Waals surface area contributed by atoms with Gasteiger partial charge in [-0.25, -0.2) is 8.78 Å². The van der Waals surface area contributed by atoms with Gasteiger partial charge in [0, 0.05) is 12.7 Å². The van der Waals surface area contributed by atoms with Crippen molar-refractivity contribution in [3.05, 3.63) is 77.6 Å². The number of benzene rings is 2. The minimum atomic E-state index is -0.742. The Hall–Kier alpha value is -3.68. The second kappa shape index (κ2) is 9.01. The number of para-hydroxylation sites is 1. The molecule has 1 amide bonds. The number of carbonyl (C=O) groups excluding carboxylic acids is 1. The lowest BCUT2D eigenvalue weighted by Gasteiger charge is -2.11. The van der Waals surface area contributed by atoms with Crippen LogP contribution in [0.15, 0.2) is 54.9 Å². The van der Waals surface area contributed by atoms with E-state index in [9.17, 15) is 13.6 Å². The lowest BCUT2D eigenvalue weighted by atomic mass is 10.2. The topological polar surface area (TPSA) is 72.5 Å². The predicted molar refractivity (Wildman–Crippen MR) is 105 cm³/mol. The van der Waals surface area contributed by atoms with E-state index in [1.54, 1.807) is 25.3 Å². The predicted octanol–water partition coefficient (Wildman–Crippen LogP) is 4.05. The molecule has 0 saturated heterocycles. The van der Waals surface area contributed by atoms with E-state index in [4.69, 9.17) is 9.47 Å². The SMILES string of the molecule is COc1ccc(CNC(=O)c2cncc(Nc3c(F)cccc3F)c2)cc1OC. The van der Waals surface area contributed by atoms with Gasteiger partial charge in [-0.2, -0.15) is 0 Å². The van der Waals surface area contributed by atoms with Gasteiger partial charge < -0.3 is 20.1 Å². The number of halogens is 2. The average Bonchev–Trinajstić information content (AvgIpc) is 2.74. The summed E-state index contributed by atoms with van der Waals surface area (Å²) in [6, 6.07) is 10.3. The molecule has 8 heteroatoms. The van der Waals surface area contributed by atoms with Gasteiger partial charge >= 0.3 is 0 Å². The lowest BCUT2D eigenvalue weighted by Crippen LogP contribution is -2.23. The molecule has 0 saturated carbocycles. The van der Waals surface area contributed by atoms with Gasteiger partial charge in [0.15, 0.2) is 11.5 Å². The molecule has 0 fully saturated rings. The van der Waals surface area contributed by atoms with E-state index < -0.39 is 11.6 Å². The first-order chi connectivity index (χ1) is 14.0. The van der Waals surface area contributed by atoms with Crippen LogP contribution in [0, 0.1) is 11.6 Å². The number of anilines is 2. The monoisotopic (exact) mass is 399 g/mol. The van der Waals surface area contributed by atoms with E-state index in [0.29, 0.717) is 11.5 Å². The third kappa shape index (κ3) is 4.78. The van der Waals surface area contributed by atoms with Crippen molar-refractivity contribution in [1.29, 1.82) is 0 Å². The first-order valence-electron chi connectivity index (χ1n) is 8.67. The Labute approximate surface area is 166 Å². The van der Waals surface area contributed by atoms with Crippen molar-refractivity contribution in [2.24, 2.45) is 0 Å². The van der Waals surface area contributed by atoms with E-state index in [1.165, 1.54) is 31.6 Å². The van der Waals surface area contributed by atoms with Gasteiger partial charge in [-0.15, -0.1) is 0 Å². The smallest absolute Gasteiger partial charge is 0.253 e. The average molecular weight is 399 g/mol. The number of hydrogen-bond acceptors (Lipinski definition) is 5. The minimum Gasteiger partial charge on any atom is -0.493 e. The van der Waals surface area contributed by atoms with Gasteiger partial charge in [0.05, 0.1) is 31.7 Å². The summed E-state index contributed by atoms with van der Waals surface area (Å²) in [5.74, 6) is -0.725. The molecule has 0 radical (unpaired) electrons. The highest BCUT2D eigenvalue weighted by Gasteiger charge is 2.12. The fourth-order valence-corrected chi connectivity index (χ4v) is 2.67. The summed E-state index contributed by atoms with van der Waals surface area (Å²) in [6.07, 6.45) is 2.74. The van der Waals surface area contributed by atoms with E-state index in [0.717, 1.165) is 17.7 Å². The van der Waals surface area contributed by atoms with E-state index in [2.05, 4.69) is 15.6 Å². The highest BCUT2D eigenvalue weighted by atomic mass is 19.1. The summed E-state index contributed by atoms with van der Waals surface area (Å²) in [7, 11) is 3.07. The standard InChI is InChI=1S/C21H19F2N3O3/c1-28-18-7-6-13(8-19(18)29-2)10-25-21(27)14-9-15(12-24-11-14)26-20-16(22)4-3-5-17(20)23/h3-9,11-12,26H,10H2,1-2H3,(H,25,27). The second-order valence-corrected chi connectivity index (χ2v) is 6.06. The molecule has 0 aliphatic heterocycles. The van der Waals surface area contributed by atoms with Crippen molar-refractivity contribution >= 4 is 17.3 Å². The summed E-state index contributed by atoms with van der Waals surface area (Å²) < 4.78 is 38.0. The van der Waals surface area contributed by atoms with Gasteiger partial charge in [0.2, 0.25) is 0 Å². The summed E-state index contributed by atoms with van der Waals surface area (Å²) >= 11 is 0. The summed E-state index contributed by atoms with van der Waals surface area (Å²) in [5, 5.41) is 5.38. The van der Waals surface area contributed by atoms with Crippen molar-refractivity contribution in [2.45, 2.75) is 6.54 Å². The Balaban J connectivity index is 1.70. The molecule has 0 spiro atoms. The highest BCUT2D eigenvalue weighted by molar-refractivity contribution is 5.94. The van der Waals surface area contributed by atoms with Crippen molar-refractivity contribution in [3.63, 3.8) is 0 Å². The zero-order valence-corrected chi connectivity index (χ0v) is 15.8. The number of hydrogen-bond donors (Lipinski definition) is 2. The maximum Gasteiger partial charge on any atom is 0.253 e. The highest BCUT2D eigenvalue weighted by Crippen LogP contribution is 2.27. The van der Waals surface area contributed by atoms with Crippen LogP contribution < -0.4 is 20.1 Å². The Morgan fingerprint density at radius 3 is 2.41 bits per heavy atom. The van der Waals surface area contributed by atoms with Crippen LogP contribution in [0.1, 0.15) is 15.9 Å². The molecule has 0 aliphatic carbocycles. The Morgan fingerprint density at radius 1 is 1.00 bits per heavy atom. The first-order valence-corrected chi connectivity index (χ1v) is 8.67. The van der Waals surface area contributed by atoms with Crippen LogP contribution in [0.5, 0.6) is 11.5 Å². The molecule has 2 aromatic carbocycles. The molecule has 0 bridgehead atoms. The van der Waals surface area contributed by atoms with Crippen LogP contribution in [-0.4, -0.2) is 25.1 Å². The number of aromatic nitrogens is 1. The molecule has 0 atom stereocenters. The van der Waals surface area contributed by atoms with Crippen LogP contribution in [0.2, 0.25) is 0 Å². The van der Waals surface area contributed by atoms with E-state index in [-0.39, 0.29) is 29.4 Å². The molecular weight excluding hydrogens is 380 g/mol. The van der Waals surface area contributed by atoms with Gasteiger partial charge in [-0.3, -0.25) is 9.78 Å². The molecule has 3 aromatic rings. The number of ether oxygens (including phenoxy) is 2. The van der Waals surface area contributed by atoms with E-state index in [1.807, 2.05) is 0 Å². The zero-order chi connectivity index (χ0) is 20.8. The largest absolute Gasteiger partial charge is 0.493 e. The van der Waals surface area contributed by atoms with Crippen LogP contribution in [0.3, 0.4) is 0 Å². The van der Waals surface area contributed by atoms with Gasteiger partial charge in [0.25, 0.3) is 5.91 Å². The fraction of sp³-hybridized carbons (Fsp3) is 0.143. The number of carbonyl (C=O) groups is 1. The maximum absolute atomic E-state index is 13.8. The maximum atomic E-state index is 13.8. The van der Waals surface area contributed by atoms with Crippen molar-refractivity contribution < 1.29 is 23.0 Å². The molecule has 3 rings (SSSR count). The second-order valence-electron chi connectivity index (χ2n) is 6.06. The van der Waals surface area contributed by atoms with Crippen molar-refractivity contribution in [3.8, 4) is 11.5 Å². The number of methoxy groups -OCH3 is 2. The molecule has 29 heavy (non-hydrogen) atoms. The Morgan fingerprint density at radius 2 is 1.72 bits per heavy atom. The molecular formula is C21H19F2N3O3. The molecule has 1 heterocycles. The number of nitrogens with zero attached hydrogens (tertiary/aromatic N) is 1. The zero-order valence-electron chi connectivity index (χ0n) is 15.8. The minimum absolute atomic E-state index is 0.243. The van der Waals surface area contributed by atoms with Crippen LogP contribution in [-0.2, 0) is 6.54 Å². The lowest BCUT2D eigenvalue weighted by molar-refractivity contribution is 0.0950. The number of nitrogens with one attached hydrogen (secondary N) is 2. The fourth-order valence-electron chi connectivity index (χ4n) is 2.67. The number of amides is 1. The normalized spacial score (nSPS) is 10.3. The Kier molecular flexibility index (Phi) is 6.23. The van der Waals surface area contributed by atoms with E-state index >= 15 is 0 Å². The summed E-state index contributed by atoms with van der Waals surface area (Å²) in [6.45, 7) is 0.249. The summed E-state index contributed by atoms with van der Waals surface area (Å²) in [5.41, 5.74) is 1.03. The van der Waals surface area contributed by atoms with Crippen LogP contribution in [0.25, 0.3) is 0 Å². The van der Waals surface area contributed by atoms with Crippen molar-refractivity contribution in [1.82, 2.24) is 10.3 Å². The summed E-state index contributed by atoms with van der Waals surface area (Å²) in [4.78, 5) is 16.4. The molecule has 0 unspecified atom stereocenters. The third-order valence-electron chi connectivity index (χ3n) is 4.13. The van der Waals surface area contributed by atoms with Gasteiger partial charge in [0.1, 0.15) is 17.3 Å². The molecule has 1 aromatic heterocycles.